The molecule has 5 heteroatoms. The highest BCUT2D eigenvalue weighted by Gasteiger charge is 2.37. The summed E-state index contributed by atoms with van der Waals surface area (Å²) in [5.74, 6) is 1.91. The van der Waals surface area contributed by atoms with Gasteiger partial charge in [-0.05, 0) is 12.3 Å². The minimum atomic E-state index is -0.203. The van der Waals surface area contributed by atoms with Crippen LogP contribution in [0.1, 0.15) is 22.8 Å². The first-order chi connectivity index (χ1) is 9.04. The van der Waals surface area contributed by atoms with Crippen LogP contribution < -0.4 is 14.2 Å². The maximum atomic E-state index is 12.5. The molecule has 0 aromatic heterocycles. The van der Waals surface area contributed by atoms with Crippen molar-refractivity contribution in [1.82, 2.24) is 0 Å². The first-order valence-electron chi connectivity index (χ1n) is 6.05. The second-order valence-corrected chi connectivity index (χ2v) is 5.60. The van der Waals surface area contributed by atoms with Crippen LogP contribution in [-0.4, -0.2) is 31.9 Å². The lowest BCUT2D eigenvalue weighted by Gasteiger charge is -2.28. The molecule has 0 heterocycles. The highest BCUT2D eigenvalue weighted by molar-refractivity contribution is 9.10. The number of hydrogen-bond donors (Lipinski definition) is 0. The summed E-state index contributed by atoms with van der Waals surface area (Å²) in [6.07, 6.45) is 0.764. The molecule has 0 aliphatic heterocycles. The molecule has 0 fully saturated rings. The van der Waals surface area contributed by atoms with Gasteiger partial charge in [0, 0.05) is 11.6 Å². The van der Waals surface area contributed by atoms with Gasteiger partial charge in [0.2, 0.25) is 0 Å². The summed E-state index contributed by atoms with van der Waals surface area (Å²) in [6, 6.07) is 1.77. The number of halogens is 1. The molecule has 1 aliphatic carbocycles. The van der Waals surface area contributed by atoms with E-state index >= 15 is 0 Å². The highest BCUT2D eigenvalue weighted by Crippen LogP contribution is 2.45. The number of ketones is 1. The molecule has 0 bridgehead atoms. The Balaban J connectivity index is 2.73. The lowest BCUT2D eigenvalue weighted by Crippen LogP contribution is -2.31. The van der Waals surface area contributed by atoms with Crippen LogP contribution in [0.2, 0.25) is 0 Å². The number of carbonyl (C=O) groups is 1. The molecule has 0 spiro atoms. The number of hydrogen-bond acceptors (Lipinski definition) is 4. The summed E-state index contributed by atoms with van der Waals surface area (Å²) >= 11 is 3.46. The van der Waals surface area contributed by atoms with Crippen molar-refractivity contribution >= 4 is 21.7 Å². The fourth-order valence-electron chi connectivity index (χ4n) is 2.48. The van der Waals surface area contributed by atoms with Gasteiger partial charge in [0.25, 0.3) is 0 Å². The van der Waals surface area contributed by atoms with Gasteiger partial charge in [0.1, 0.15) is 5.75 Å². The van der Waals surface area contributed by atoms with Crippen molar-refractivity contribution in [2.24, 2.45) is 5.92 Å². The summed E-state index contributed by atoms with van der Waals surface area (Å²) in [4.78, 5) is 12.3. The molecule has 19 heavy (non-hydrogen) atoms. The lowest BCUT2D eigenvalue weighted by molar-refractivity contribution is 0.0959. The van der Waals surface area contributed by atoms with E-state index in [-0.39, 0.29) is 16.5 Å². The predicted octanol–water partition coefficient (Wildman–Crippen LogP) is 2.85. The number of benzene rings is 1. The van der Waals surface area contributed by atoms with E-state index in [1.54, 1.807) is 27.4 Å². The number of carbonyl (C=O) groups excluding carboxylic acids is 1. The van der Waals surface area contributed by atoms with Crippen molar-refractivity contribution in [3.05, 3.63) is 17.2 Å². The molecular weight excluding hydrogens is 312 g/mol. The molecule has 0 N–H and O–H groups in total. The monoisotopic (exact) mass is 328 g/mol. The van der Waals surface area contributed by atoms with Gasteiger partial charge in [0.15, 0.2) is 17.3 Å². The zero-order chi connectivity index (χ0) is 14.2. The van der Waals surface area contributed by atoms with E-state index in [9.17, 15) is 4.79 Å². The van der Waals surface area contributed by atoms with Crippen LogP contribution in [0, 0.1) is 5.92 Å². The van der Waals surface area contributed by atoms with Crippen molar-refractivity contribution in [1.29, 1.82) is 0 Å². The maximum absolute atomic E-state index is 12.5. The zero-order valence-corrected chi connectivity index (χ0v) is 13.0. The van der Waals surface area contributed by atoms with E-state index in [2.05, 4.69) is 15.9 Å². The normalized spacial score (nSPS) is 21.8. The second-order valence-electron chi connectivity index (χ2n) is 4.62. The van der Waals surface area contributed by atoms with Gasteiger partial charge in [-0.3, -0.25) is 4.79 Å². The van der Waals surface area contributed by atoms with E-state index in [4.69, 9.17) is 14.2 Å². The molecule has 1 aliphatic rings. The van der Waals surface area contributed by atoms with Crippen molar-refractivity contribution in [2.75, 3.05) is 21.3 Å². The average molecular weight is 329 g/mol. The number of rotatable bonds is 3. The number of alkyl halides is 1. The Morgan fingerprint density at radius 2 is 1.79 bits per heavy atom. The molecule has 0 saturated heterocycles. The summed E-state index contributed by atoms with van der Waals surface area (Å²) in [7, 11) is 4.68. The molecule has 1 aromatic carbocycles. The Hall–Kier alpha value is -1.23. The van der Waals surface area contributed by atoms with E-state index < -0.39 is 0 Å². The minimum Gasteiger partial charge on any atom is -0.496 e. The molecule has 0 saturated carbocycles. The summed E-state index contributed by atoms with van der Waals surface area (Å²) < 4.78 is 16.0. The summed E-state index contributed by atoms with van der Waals surface area (Å²) in [6.45, 7) is 2.04. The van der Waals surface area contributed by atoms with Gasteiger partial charge in [-0.1, -0.05) is 22.9 Å². The number of Topliss-reactive ketones (excluding diaryl/α,β-unsaturated/α-hetero) is 1. The summed E-state index contributed by atoms with van der Waals surface area (Å²) in [5, 5.41) is 0. The Labute approximate surface area is 121 Å². The van der Waals surface area contributed by atoms with Crippen LogP contribution in [0.15, 0.2) is 6.07 Å². The van der Waals surface area contributed by atoms with Crippen LogP contribution in [-0.2, 0) is 6.42 Å². The molecule has 2 rings (SSSR count). The molecule has 0 radical (unpaired) electrons. The van der Waals surface area contributed by atoms with Crippen LogP contribution in [0.25, 0.3) is 0 Å². The third-order valence-electron chi connectivity index (χ3n) is 3.48. The third kappa shape index (κ3) is 2.20. The Morgan fingerprint density at radius 3 is 2.32 bits per heavy atom. The van der Waals surface area contributed by atoms with Gasteiger partial charge < -0.3 is 14.2 Å². The van der Waals surface area contributed by atoms with Crippen molar-refractivity contribution in [3.8, 4) is 17.2 Å². The van der Waals surface area contributed by atoms with Gasteiger partial charge in [-0.25, -0.2) is 0 Å². The van der Waals surface area contributed by atoms with Gasteiger partial charge >= 0.3 is 0 Å². The topological polar surface area (TPSA) is 44.8 Å². The average Bonchev–Trinajstić information content (AvgIpc) is 2.43. The molecule has 0 amide bonds. The van der Waals surface area contributed by atoms with Crippen molar-refractivity contribution < 1.29 is 19.0 Å². The smallest absolute Gasteiger partial charge is 0.181 e. The van der Waals surface area contributed by atoms with Gasteiger partial charge in [0.05, 0.1) is 31.7 Å². The number of fused-ring (bicyclic) bond motifs is 1. The predicted molar refractivity (Wildman–Crippen MR) is 76.0 cm³/mol. The minimum absolute atomic E-state index is 0.0165. The van der Waals surface area contributed by atoms with E-state index in [1.807, 2.05) is 6.92 Å². The molecule has 1 aromatic rings. The van der Waals surface area contributed by atoms with Crippen LogP contribution in [0.5, 0.6) is 17.2 Å². The van der Waals surface area contributed by atoms with E-state index in [1.165, 1.54) is 0 Å². The molecule has 2 atom stereocenters. The molecule has 104 valence electrons. The van der Waals surface area contributed by atoms with Crippen LogP contribution >= 0.6 is 15.9 Å². The Morgan fingerprint density at radius 1 is 1.16 bits per heavy atom. The standard InChI is InChI=1S/C14H17BrO4/c1-7-5-8-9(17-2)6-10(18-3)14(19-4)11(8)13(16)12(7)15/h6-7,12H,5H2,1-4H3. The van der Waals surface area contributed by atoms with Gasteiger partial charge in [-0.15, -0.1) is 0 Å². The first kappa shape index (κ1) is 14.2. The molecule has 2 unspecified atom stereocenters. The SMILES string of the molecule is COc1cc(OC)c(OC)c2c1CC(C)C(Br)C2=O. The largest absolute Gasteiger partial charge is 0.496 e. The Kier molecular flexibility index (Phi) is 4.04. The first-order valence-corrected chi connectivity index (χ1v) is 6.96. The lowest BCUT2D eigenvalue weighted by atomic mass is 9.82. The third-order valence-corrected chi connectivity index (χ3v) is 4.80. The second kappa shape index (κ2) is 5.41. The van der Waals surface area contributed by atoms with Crippen molar-refractivity contribution in [2.45, 2.75) is 18.2 Å². The quantitative estimate of drug-likeness (QED) is 0.800. The molecule has 4 nitrogen and oxygen atoms in total. The van der Waals surface area contributed by atoms with Crippen molar-refractivity contribution in [3.63, 3.8) is 0 Å². The maximum Gasteiger partial charge on any atom is 0.181 e. The van der Waals surface area contributed by atoms with E-state index in [0.29, 0.717) is 22.8 Å². The number of methoxy groups -OCH3 is 3. The summed E-state index contributed by atoms with van der Waals surface area (Å²) in [5.41, 5.74) is 1.46. The van der Waals surface area contributed by atoms with E-state index in [0.717, 1.165) is 12.0 Å². The molecular formula is C14H17BrO4. The fourth-order valence-corrected chi connectivity index (χ4v) is 2.89. The Bertz CT molecular complexity index is 513. The number of ether oxygens (including phenoxy) is 3. The fraction of sp³-hybridized carbons (Fsp3) is 0.500. The van der Waals surface area contributed by atoms with Gasteiger partial charge in [-0.2, -0.15) is 0 Å². The van der Waals surface area contributed by atoms with Crippen LogP contribution in [0.4, 0.5) is 0 Å². The van der Waals surface area contributed by atoms with Crippen LogP contribution in [0.3, 0.4) is 0 Å². The zero-order valence-electron chi connectivity index (χ0n) is 11.5. The highest BCUT2D eigenvalue weighted by atomic mass is 79.9.